The molecule has 2 N–H and O–H groups in total. The Morgan fingerprint density at radius 3 is 2.75 bits per heavy atom. The van der Waals surface area contributed by atoms with Gasteiger partial charge in [0.1, 0.15) is 0 Å². The number of hydrogen-bond acceptors (Lipinski definition) is 3. The fraction of sp³-hybridized carbons (Fsp3) is 1.00. The molecule has 0 aromatic rings. The first-order valence-electron chi connectivity index (χ1n) is 4.26. The Morgan fingerprint density at radius 2 is 2.08 bits per heavy atom. The van der Waals surface area contributed by atoms with Gasteiger partial charge in [0.25, 0.3) is 0 Å². The number of nitrogens with one attached hydrogen (secondary N) is 2. The van der Waals surface area contributed by atoms with E-state index in [9.17, 15) is 8.42 Å². The molecule has 1 heterocycles. The van der Waals surface area contributed by atoms with E-state index in [4.69, 9.17) is 0 Å². The quantitative estimate of drug-likeness (QED) is 0.630. The van der Waals surface area contributed by atoms with E-state index in [0.717, 1.165) is 32.4 Å². The van der Waals surface area contributed by atoms with Crippen molar-refractivity contribution in [3.63, 3.8) is 0 Å². The summed E-state index contributed by atoms with van der Waals surface area (Å²) in [6, 6.07) is 0.134. The normalized spacial score (nSPS) is 26.6. The first-order valence-corrected chi connectivity index (χ1v) is 6.15. The van der Waals surface area contributed by atoms with Gasteiger partial charge < -0.3 is 5.32 Å². The summed E-state index contributed by atoms with van der Waals surface area (Å²) in [6.07, 6.45) is 4.10. The lowest BCUT2D eigenvalue weighted by atomic mass is 10.1. The van der Waals surface area contributed by atoms with Crippen LogP contribution in [0.2, 0.25) is 0 Å². The van der Waals surface area contributed by atoms with Gasteiger partial charge in [-0.05, 0) is 32.4 Å². The van der Waals surface area contributed by atoms with E-state index in [-0.39, 0.29) is 6.04 Å². The summed E-state index contributed by atoms with van der Waals surface area (Å²) in [4.78, 5) is 0. The highest BCUT2D eigenvalue weighted by Gasteiger charge is 2.14. The molecule has 1 atom stereocenters. The van der Waals surface area contributed by atoms with Crippen LogP contribution in [0.15, 0.2) is 0 Å². The lowest BCUT2D eigenvalue weighted by molar-refractivity contribution is 0.522. The fourth-order valence-electron chi connectivity index (χ4n) is 1.44. The second-order valence-electron chi connectivity index (χ2n) is 3.27. The minimum absolute atomic E-state index is 0.134. The zero-order chi connectivity index (χ0) is 9.03. The Kier molecular flexibility index (Phi) is 3.49. The smallest absolute Gasteiger partial charge is 0.208 e. The molecule has 0 bridgehead atoms. The van der Waals surface area contributed by atoms with Crippen LogP contribution >= 0.6 is 0 Å². The fourth-order valence-corrected chi connectivity index (χ4v) is 2.28. The average molecular weight is 192 g/mol. The van der Waals surface area contributed by atoms with Crippen LogP contribution in [0, 0.1) is 0 Å². The van der Waals surface area contributed by atoms with Crippen molar-refractivity contribution >= 4 is 10.0 Å². The molecule has 0 aromatic carbocycles. The number of hydrogen-bond donors (Lipinski definition) is 2. The lowest BCUT2D eigenvalue weighted by Gasteiger charge is -2.13. The Labute approximate surface area is 73.8 Å². The van der Waals surface area contributed by atoms with Gasteiger partial charge in [-0.2, -0.15) is 0 Å². The van der Waals surface area contributed by atoms with E-state index in [1.807, 2.05) is 0 Å². The van der Waals surface area contributed by atoms with Crippen LogP contribution in [-0.4, -0.2) is 33.8 Å². The molecular formula is C7H16N2O2S. The highest BCUT2D eigenvalue weighted by Crippen LogP contribution is 2.05. The van der Waals surface area contributed by atoms with Gasteiger partial charge in [-0.3, -0.25) is 0 Å². The first kappa shape index (κ1) is 9.95. The standard InChI is InChI=1S/C7H16N2O2S/c1-12(10,11)9-7-3-2-5-8-6-4-7/h7-9H,2-6H2,1H3. The molecule has 0 saturated carbocycles. The monoisotopic (exact) mass is 192 g/mol. The summed E-state index contributed by atoms with van der Waals surface area (Å²) in [6.45, 7) is 1.91. The zero-order valence-electron chi connectivity index (χ0n) is 7.34. The molecule has 1 unspecified atom stereocenters. The summed E-state index contributed by atoms with van der Waals surface area (Å²) in [5.74, 6) is 0. The summed E-state index contributed by atoms with van der Waals surface area (Å²) < 4.78 is 24.4. The Balaban J connectivity index is 2.40. The maximum Gasteiger partial charge on any atom is 0.208 e. The number of sulfonamides is 1. The van der Waals surface area contributed by atoms with Gasteiger partial charge in [-0.25, -0.2) is 13.1 Å². The van der Waals surface area contributed by atoms with Crippen molar-refractivity contribution in [1.82, 2.24) is 10.0 Å². The van der Waals surface area contributed by atoms with Gasteiger partial charge >= 0.3 is 0 Å². The first-order chi connectivity index (χ1) is 5.58. The third-order valence-corrected chi connectivity index (χ3v) is 2.72. The SMILES string of the molecule is CS(=O)(=O)NC1CCCNCC1. The third kappa shape index (κ3) is 4.04. The highest BCUT2D eigenvalue weighted by atomic mass is 32.2. The Bertz CT molecular complexity index is 218. The van der Waals surface area contributed by atoms with Crippen molar-refractivity contribution in [2.24, 2.45) is 0 Å². The van der Waals surface area contributed by atoms with E-state index in [1.165, 1.54) is 6.26 Å². The van der Waals surface area contributed by atoms with Crippen molar-refractivity contribution in [1.29, 1.82) is 0 Å². The molecule has 0 spiro atoms. The van der Waals surface area contributed by atoms with Crippen molar-refractivity contribution in [3.8, 4) is 0 Å². The minimum Gasteiger partial charge on any atom is -0.317 e. The summed E-state index contributed by atoms with van der Waals surface area (Å²) in [7, 11) is -3.02. The van der Waals surface area contributed by atoms with Crippen molar-refractivity contribution in [2.75, 3.05) is 19.3 Å². The average Bonchev–Trinajstić information content (AvgIpc) is 2.12. The van der Waals surface area contributed by atoms with Crippen LogP contribution in [0.3, 0.4) is 0 Å². The van der Waals surface area contributed by atoms with Crippen LogP contribution in [0.1, 0.15) is 19.3 Å². The molecule has 12 heavy (non-hydrogen) atoms. The van der Waals surface area contributed by atoms with E-state index < -0.39 is 10.0 Å². The summed E-state index contributed by atoms with van der Waals surface area (Å²) in [5.41, 5.74) is 0. The van der Waals surface area contributed by atoms with Gasteiger partial charge in [0.05, 0.1) is 6.26 Å². The molecule has 1 aliphatic heterocycles. The Hall–Kier alpha value is -0.130. The molecule has 4 nitrogen and oxygen atoms in total. The molecule has 1 rings (SSSR count). The second kappa shape index (κ2) is 4.20. The maximum atomic E-state index is 10.9. The van der Waals surface area contributed by atoms with Crippen molar-refractivity contribution in [3.05, 3.63) is 0 Å². The van der Waals surface area contributed by atoms with Crippen LogP contribution in [0.5, 0.6) is 0 Å². The summed E-state index contributed by atoms with van der Waals surface area (Å²) in [5, 5.41) is 3.23. The molecule has 72 valence electrons. The van der Waals surface area contributed by atoms with E-state index in [1.54, 1.807) is 0 Å². The molecule has 0 radical (unpaired) electrons. The maximum absolute atomic E-state index is 10.9. The third-order valence-electron chi connectivity index (χ3n) is 1.96. The predicted molar refractivity (Wildman–Crippen MR) is 48.5 cm³/mol. The molecule has 5 heteroatoms. The van der Waals surface area contributed by atoms with Gasteiger partial charge in [0.15, 0.2) is 0 Å². The predicted octanol–water partition coefficient (Wildman–Crippen LogP) is -0.322. The Morgan fingerprint density at radius 1 is 1.33 bits per heavy atom. The molecule has 1 fully saturated rings. The van der Waals surface area contributed by atoms with Crippen LogP contribution < -0.4 is 10.0 Å². The van der Waals surface area contributed by atoms with Crippen LogP contribution in [0.25, 0.3) is 0 Å². The summed E-state index contributed by atoms with van der Waals surface area (Å²) >= 11 is 0. The van der Waals surface area contributed by atoms with Crippen molar-refractivity contribution < 1.29 is 8.42 Å². The van der Waals surface area contributed by atoms with Gasteiger partial charge in [-0.15, -0.1) is 0 Å². The topological polar surface area (TPSA) is 58.2 Å². The van der Waals surface area contributed by atoms with Gasteiger partial charge in [0, 0.05) is 6.04 Å². The van der Waals surface area contributed by atoms with E-state index in [0.29, 0.717) is 0 Å². The molecule has 1 aliphatic rings. The molecule has 0 aromatic heterocycles. The van der Waals surface area contributed by atoms with Crippen LogP contribution in [0.4, 0.5) is 0 Å². The van der Waals surface area contributed by atoms with E-state index >= 15 is 0 Å². The van der Waals surface area contributed by atoms with Gasteiger partial charge in [0.2, 0.25) is 10.0 Å². The van der Waals surface area contributed by atoms with Crippen molar-refractivity contribution in [2.45, 2.75) is 25.3 Å². The molecule has 1 saturated heterocycles. The largest absolute Gasteiger partial charge is 0.317 e. The minimum atomic E-state index is -3.02. The molecular weight excluding hydrogens is 176 g/mol. The van der Waals surface area contributed by atoms with Gasteiger partial charge in [-0.1, -0.05) is 0 Å². The lowest BCUT2D eigenvalue weighted by Crippen LogP contribution is -2.34. The zero-order valence-corrected chi connectivity index (χ0v) is 8.15. The van der Waals surface area contributed by atoms with E-state index in [2.05, 4.69) is 10.0 Å². The molecule has 0 aliphatic carbocycles. The number of rotatable bonds is 2. The molecule has 0 amide bonds. The second-order valence-corrected chi connectivity index (χ2v) is 5.05. The van der Waals surface area contributed by atoms with Crippen LogP contribution in [-0.2, 0) is 10.0 Å². The highest BCUT2D eigenvalue weighted by molar-refractivity contribution is 7.88.